The van der Waals surface area contributed by atoms with Gasteiger partial charge in [0.25, 0.3) is 0 Å². The van der Waals surface area contributed by atoms with Crippen LogP contribution in [0.5, 0.6) is 0 Å². The number of rotatable bonds is 4. The Morgan fingerprint density at radius 2 is 1.23 bits per heavy atom. The molecule has 0 atom stereocenters. The summed E-state index contributed by atoms with van der Waals surface area (Å²) in [5.74, 6) is 2.46. The van der Waals surface area contributed by atoms with E-state index >= 15 is 0 Å². The summed E-state index contributed by atoms with van der Waals surface area (Å²) in [4.78, 5) is 20.2. The fourth-order valence-corrected chi connectivity index (χ4v) is 7.75. The average Bonchev–Trinajstić information content (AvgIpc) is 3.83. The van der Waals surface area contributed by atoms with Crippen molar-refractivity contribution in [1.82, 2.24) is 24.5 Å². The zero-order valence-electron chi connectivity index (χ0n) is 24.8. The van der Waals surface area contributed by atoms with E-state index in [4.69, 9.17) is 24.4 Å². The summed E-state index contributed by atoms with van der Waals surface area (Å²) in [6.45, 7) is 0. The maximum absolute atomic E-state index is 6.10. The van der Waals surface area contributed by atoms with Gasteiger partial charge >= 0.3 is 0 Å². The number of hydrogen-bond donors (Lipinski definition) is 0. The Bertz CT molecular complexity index is 2730. The Labute approximate surface area is 272 Å². The van der Waals surface area contributed by atoms with Gasteiger partial charge in [0.15, 0.2) is 17.2 Å². The van der Waals surface area contributed by atoms with Crippen molar-refractivity contribution < 1.29 is 4.42 Å². The molecule has 4 aromatic heterocycles. The molecule has 0 radical (unpaired) electrons. The molecule has 6 nitrogen and oxygen atoms in total. The van der Waals surface area contributed by atoms with E-state index in [-0.39, 0.29) is 0 Å². The highest BCUT2D eigenvalue weighted by molar-refractivity contribution is 7.26. The van der Waals surface area contributed by atoms with E-state index in [1.54, 1.807) is 11.3 Å². The first kappa shape index (κ1) is 26.1. The lowest BCUT2D eigenvalue weighted by atomic mass is 10.0. The van der Waals surface area contributed by atoms with Crippen molar-refractivity contribution in [2.45, 2.75) is 0 Å². The summed E-state index contributed by atoms with van der Waals surface area (Å²) in [5, 5.41) is 4.58. The molecule has 0 aliphatic heterocycles. The summed E-state index contributed by atoms with van der Waals surface area (Å²) in [6.07, 6.45) is 0. The van der Waals surface area contributed by atoms with Crippen LogP contribution in [0.15, 0.2) is 144 Å². The van der Waals surface area contributed by atoms with Gasteiger partial charge < -0.3 is 4.42 Å². The molecule has 0 aliphatic carbocycles. The van der Waals surface area contributed by atoms with E-state index < -0.39 is 0 Å². The van der Waals surface area contributed by atoms with Crippen molar-refractivity contribution in [2.75, 3.05) is 0 Å². The number of benzene rings is 6. The predicted octanol–water partition coefficient (Wildman–Crippen LogP) is 10.5. The Kier molecular flexibility index (Phi) is 5.64. The van der Waals surface area contributed by atoms with Crippen LogP contribution in [0.3, 0.4) is 0 Å². The maximum Gasteiger partial charge on any atom is 0.238 e. The van der Waals surface area contributed by atoms with Crippen LogP contribution in [0.2, 0.25) is 0 Å². The Hall–Kier alpha value is -6.18. The molecule has 10 rings (SSSR count). The molecule has 0 aliphatic rings. The molecule has 0 N–H and O–H groups in total. The highest BCUT2D eigenvalue weighted by Crippen LogP contribution is 2.41. The van der Waals surface area contributed by atoms with Crippen molar-refractivity contribution in [3.05, 3.63) is 140 Å². The molecule has 220 valence electrons. The zero-order chi connectivity index (χ0) is 30.9. The minimum atomic E-state index is 0.584. The van der Waals surface area contributed by atoms with Gasteiger partial charge in [0.05, 0.1) is 11.0 Å². The molecule has 7 heteroatoms. The minimum absolute atomic E-state index is 0.584. The standard InChI is InChI=1S/C40H23N5OS/c1-2-11-24(12-3-1)37-42-38(44-40(43-37)45-31-17-7-4-13-26(31)27-14-5-8-18-32(27)45)29-15-10-20-34-36(29)28-22-21-25(23-35(28)47-34)39-41-30-16-6-9-19-33(30)46-39/h1-23H. The number of oxazole rings is 1. The predicted molar refractivity (Wildman–Crippen MR) is 191 cm³/mol. The maximum atomic E-state index is 6.10. The van der Waals surface area contributed by atoms with E-state index in [1.807, 2.05) is 54.6 Å². The van der Waals surface area contributed by atoms with Gasteiger partial charge in [-0.15, -0.1) is 11.3 Å². The third kappa shape index (κ3) is 4.10. The lowest BCUT2D eigenvalue weighted by Crippen LogP contribution is -2.06. The first-order chi connectivity index (χ1) is 23.3. The molecule has 0 bridgehead atoms. The normalized spacial score (nSPS) is 11.8. The van der Waals surface area contributed by atoms with E-state index in [2.05, 4.69) is 89.5 Å². The van der Waals surface area contributed by atoms with E-state index in [0.717, 1.165) is 69.8 Å². The number of thiophene rings is 1. The zero-order valence-corrected chi connectivity index (χ0v) is 25.6. The van der Waals surface area contributed by atoms with Crippen LogP contribution in [0.25, 0.3) is 93.3 Å². The fourth-order valence-electron chi connectivity index (χ4n) is 6.58. The third-order valence-electron chi connectivity index (χ3n) is 8.71. The van der Waals surface area contributed by atoms with Crippen molar-refractivity contribution >= 4 is 64.4 Å². The van der Waals surface area contributed by atoms with Crippen molar-refractivity contribution in [3.8, 4) is 40.2 Å². The van der Waals surface area contributed by atoms with Crippen molar-refractivity contribution in [1.29, 1.82) is 0 Å². The van der Waals surface area contributed by atoms with Crippen LogP contribution in [0.4, 0.5) is 0 Å². The van der Waals surface area contributed by atoms with Crippen LogP contribution in [-0.2, 0) is 0 Å². The second-order valence-corrected chi connectivity index (χ2v) is 12.6. The van der Waals surface area contributed by atoms with Gasteiger partial charge in [-0.1, -0.05) is 97.1 Å². The molecule has 0 saturated heterocycles. The number of nitrogens with zero attached hydrogens (tertiary/aromatic N) is 5. The molecule has 0 amide bonds. The molecule has 6 aromatic carbocycles. The van der Waals surface area contributed by atoms with Crippen molar-refractivity contribution in [3.63, 3.8) is 0 Å². The highest BCUT2D eigenvalue weighted by Gasteiger charge is 2.20. The Morgan fingerprint density at radius 1 is 0.511 bits per heavy atom. The summed E-state index contributed by atoms with van der Waals surface area (Å²) in [5.41, 5.74) is 6.58. The van der Waals surface area contributed by atoms with Crippen LogP contribution >= 0.6 is 11.3 Å². The van der Waals surface area contributed by atoms with Crippen molar-refractivity contribution in [2.24, 2.45) is 0 Å². The molecule has 47 heavy (non-hydrogen) atoms. The quantitative estimate of drug-likeness (QED) is 0.196. The van der Waals surface area contributed by atoms with Crippen LogP contribution in [-0.4, -0.2) is 24.5 Å². The summed E-state index contributed by atoms with van der Waals surface area (Å²) in [7, 11) is 0. The minimum Gasteiger partial charge on any atom is -0.436 e. The molecular weight excluding hydrogens is 599 g/mol. The largest absolute Gasteiger partial charge is 0.436 e. The SMILES string of the molecule is c1ccc(-c2nc(-c3cccc4sc5cc(-c6nc7ccccc7o6)ccc5c34)nc(-n3c4ccccc4c4ccccc43)n2)cc1. The average molecular weight is 622 g/mol. The lowest BCUT2D eigenvalue weighted by Gasteiger charge is -2.11. The number of aromatic nitrogens is 5. The van der Waals surface area contributed by atoms with E-state index in [9.17, 15) is 0 Å². The monoisotopic (exact) mass is 621 g/mol. The molecular formula is C40H23N5OS. The molecule has 10 aromatic rings. The molecule has 0 unspecified atom stereocenters. The molecule has 0 spiro atoms. The van der Waals surface area contributed by atoms with Gasteiger partial charge in [-0.25, -0.2) is 9.97 Å². The molecule has 0 saturated carbocycles. The second kappa shape index (κ2) is 10.2. The fraction of sp³-hybridized carbons (Fsp3) is 0. The summed E-state index contributed by atoms with van der Waals surface area (Å²) >= 11 is 1.75. The van der Waals surface area contributed by atoms with E-state index in [0.29, 0.717) is 23.5 Å². The van der Waals surface area contributed by atoms with Crippen LogP contribution < -0.4 is 0 Å². The number of hydrogen-bond acceptors (Lipinski definition) is 6. The lowest BCUT2D eigenvalue weighted by molar-refractivity contribution is 0.620. The van der Waals surface area contributed by atoms with Crippen LogP contribution in [0.1, 0.15) is 0 Å². The summed E-state index contributed by atoms with van der Waals surface area (Å²) < 4.78 is 10.6. The van der Waals surface area contributed by atoms with Gasteiger partial charge in [0.1, 0.15) is 5.52 Å². The number of para-hydroxylation sites is 4. The van der Waals surface area contributed by atoms with Crippen LogP contribution in [0, 0.1) is 0 Å². The van der Waals surface area contributed by atoms with Gasteiger partial charge in [-0.2, -0.15) is 9.97 Å². The Morgan fingerprint density at radius 3 is 2.04 bits per heavy atom. The Balaban J connectivity index is 1.21. The first-order valence-corrected chi connectivity index (χ1v) is 16.2. The molecule has 4 heterocycles. The first-order valence-electron chi connectivity index (χ1n) is 15.4. The number of fused-ring (bicyclic) bond motifs is 7. The van der Waals surface area contributed by atoms with Gasteiger partial charge in [0.2, 0.25) is 11.8 Å². The third-order valence-corrected chi connectivity index (χ3v) is 9.83. The molecule has 0 fully saturated rings. The van der Waals surface area contributed by atoms with Gasteiger partial charge in [-0.05, 0) is 42.5 Å². The topological polar surface area (TPSA) is 69.6 Å². The smallest absolute Gasteiger partial charge is 0.238 e. The van der Waals surface area contributed by atoms with Gasteiger partial charge in [-0.3, -0.25) is 4.57 Å². The highest BCUT2D eigenvalue weighted by atomic mass is 32.1. The van der Waals surface area contributed by atoms with Gasteiger partial charge in [0, 0.05) is 47.6 Å². The summed E-state index contributed by atoms with van der Waals surface area (Å²) in [6, 6.07) is 47.6. The van der Waals surface area contributed by atoms with E-state index in [1.165, 1.54) is 0 Å². The second-order valence-electron chi connectivity index (χ2n) is 11.5.